The maximum absolute atomic E-state index is 13.1. The summed E-state index contributed by atoms with van der Waals surface area (Å²) in [5.74, 6) is 1.30. The van der Waals surface area contributed by atoms with Gasteiger partial charge in [-0.1, -0.05) is 29.8 Å². The van der Waals surface area contributed by atoms with Gasteiger partial charge in [0.1, 0.15) is 5.75 Å². The smallest absolute Gasteiger partial charge is 0.262 e. The van der Waals surface area contributed by atoms with Crippen LogP contribution in [-0.2, 0) is 11.8 Å². The summed E-state index contributed by atoms with van der Waals surface area (Å²) in [6.07, 6.45) is 9.65. The number of halogens is 1. The number of aliphatic hydroxyl groups excluding tert-OH is 1. The zero-order chi connectivity index (χ0) is 26.3. The van der Waals surface area contributed by atoms with E-state index in [4.69, 9.17) is 16.3 Å². The minimum Gasteiger partial charge on any atom is -0.490 e. The third kappa shape index (κ3) is 5.06. The van der Waals surface area contributed by atoms with Gasteiger partial charge in [0.2, 0.25) is 0 Å². The summed E-state index contributed by atoms with van der Waals surface area (Å²) in [6, 6.07) is 12.2. The number of nitrogens with one attached hydrogen (secondary N) is 2. The van der Waals surface area contributed by atoms with E-state index in [0.717, 1.165) is 68.1 Å². The molecule has 2 aromatic rings. The number of hydrogen-bond acceptors (Lipinski definition) is 6. The second kappa shape index (κ2) is 10.8. The number of anilines is 1. The molecule has 4 aliphatic rings. The molecular formula is C30H36ClN3O3S. The van der Waals surface area contributed by atoms with Crippen LogP contribution in [0.1, 0.15) is 60.5 Å². The van der Waals surface area contributed by atoms with Crippen molar-refractivity contribution in [2.24, 2.45) is 11.8 Å². The Kier molecular flexibility index (Phi) is 7.38. The highest BCUT2D eigenvalue weighted by atomic mass is 35.5. The van der Waals surface area contributed by atoms with Crippen molar-refractivity contribution in [1.82, 2.24) is 9.44 Å². The maximum Gasteiger partial charge on any atom is 0.262 e. The molecule has 202 valence electrons. The summed E-state index contributed by atoms with van der Waals surface area (Å²) in [5, 5.41) is 11.8. The normalized spacial score (nSPS) is 32.2. The van der Waals surface area contributed by atoms with Crippen molar-refractivity contribution < 1.29 is 14.6 Å². The summed E-state index contributed by atoms with van der Waals surface area (Å²) < 4.78 is 12.7. The predicted octanol–water partition coefficient (Wildman–Crippen LogP) is 5.43. The van der Waals surface area contributed by atoms with Crippen LogP contribution in [-0.4, -0.2) is 42.9 Å². The molecule has 2 heterocycles. The highest BCUT2D eigenvalue weighted by Crippen LogP contribution is 2.46. The first-order valence-corrected chi connectivity index (χ1v) is 15.0. The van der Waals surface area contributed by atoms with Gasteiger partial charge in [0.05, 0.1) is 18.4 Å². The van der Waals surface area contributed by atoms with Gasteiger partial charge in [0.25, 0.3) is 5.91 Å². The van der Waals surface area contributed by atoms with Gasteiger partial charge in [0, 0.05) is 47.3 Å². The Morgan fingerprint density at radius 1 is 1.21 bits per heavy atom. The summed E-state index contributed by atoms with van der Waals surface area (Å²) in [6.45, 7) is 4.29. The van der Waals surface area contributed by atoms with Crippen LogP contribution in [0.15, 0.2) is 48.6 Å². The Morgan fingerprint density at radius 3 is 2.95 bits per heavy atom. The number of rotatable bonds is 0. The molecule has 0 saturated heterocycles. The first-order valence-electron chi connectivity index (χ1n) is 13.8. The van der Waals surface area contributed by atoms with Crippen molar-refractivity contribution in [2.75, 3.05) is 24.6 Å². The van der Waals surface area contributed by atoms with Crippen molar-refractivity contribution in [1.29, 1.82) is 0 Å². The Morgan fingerprint density at radius 2 is 2.11 bits per heavy atom. The van der Waals surface area contributed by atoms with E-state index in [2.05, 4.69) is 39.5 Å². The monoisotopic (exact) mass is 553 g/mol. The number of ether oxygens (including phenoxy) is 1. The summed E-state index contributed by atoms with van der Waals surface area (Å²) in [4.78, 5) is 15.5. The van der Waals surface area contributed by atoms with Gasteiger partial charge in [-0.2, -0.15) is 0 Å². The first kappa shape index (κ1) is 26.1. The molecule has 38 heavy (non-hydrogen) atoms. The minimum absolute atomic E-state index is 0.131. The third-order valence-corrected chi connectivity index (χ3v) is 9.94. The van der Waals surface area contributed by atoms with E-state index >= 15 is 0 Å². The Hall–Kier alpha value is -2.19. The van der Waals surface area contributed by atoms with Crippen molar-refractivity contribution in [3.8, 4) is 5.75 Å². The largest absolute Gasteiger partial charge is 0.490 e. The van der Waals surface area contributed by atoms with Gasteiger partial charge >= 0.3 is 0 Å². The molecule has 0 radical (unpaired) electrons. The van der Waals surface area contributed by atoms with Gasteiger partial charge in [0.15, 0.2) is 0 Å². The lowest BCUT2D eigenvalue weighted by molar-refractivity contribution is 0.0456. The van der Waals surface area contributed by atoms with Crippen LogP contribution in [0.2, 0.25) is 5.02 Å². The zero-order valence-electron chi connectivity index (χ0n) is 21.8. The van der Waals surface area contributed by atoms with Crippen LogP contribution in [0.3, 0.4) is 0 Å². The molecule has 1 saturated carbocycles. The molecular weight excluding hydrogens is 518 g/mol. The van der Waals surface area contributed by atoms with Gasteiger partial charge in [-0.15, -0.1) is 0 Å². The van der Waals surface area contributed by atoms with Crippen LogP contribution in [0.25, 0.3) is 0 Å². The zero-order valence-corrected chi connectivity index (χ0v) is 23.4. The third-order valence-electron chi connectivity index (χ3n) is 8.90. The number of carbonyl (C=O) groups is 1. The molecule has 2 aliphatic heterocycles. The van der Waals surface area contributed by atoms with Crippen LogP contribution in [0.5, 0.6) is 5.75 Å². The lowest BCUT2D eigenvalue weighted by atomic mass is 9.68. The number of nitrogens with zero attached hydrogens (tertiary/aromatic N) is 1. The van der Waals surface area contributed by atoms with Crippen molar-refractivity contribution in [3.05, 3.63) is 70.3 Å². The predicted molar refractivity (Wildman–Crippen MR) is 154 cm³/mol. The molecule has 0 unspecified atom stereocenters. The number of aryl methyl sites for hydroxylation is 1. The second-order valence-corrected chi connectivity index (χ2v) is 12.6. The number of carbonyl (C=O) groups excluding carboxylic acids is 1. The van der Waals surface area contributed by atoms with Crippen molar-refractivity contribution >= 4 is 35.3 Å². The molecule has 6 rings (SSSR count). The van der Waals surface area contributed by atoms with Gasteiger partial charge in [-0.05, 0) is 98.7 Å². The number of aliphatic hydroxyl groups is 1. The minimum atomic E-state index is -0.443. The molecule has 0 aromatic heterocycles. The number of benzene rings is 2. The Bertz CT molecular complexity index is 1240. The van der Waals surface area contributed by atoms with Crippen LogP contribution >= 0.6 is 23.7 Å². The second-order valence-electron chi connectivity index (χ2n) is 11.5. The fourth-order valence-corrected chi connectivity index (χ4v) is 7.42. The molecule has 3 N–H and O–H groups in total. The molecule has 1 amide bonds. The van der Waals surface area contributed by atoms with E-state index in [1.807, 2.05) is 30.3 Å². The molecule has 1 spiro atoms. The van der Waals surface area contributed by atoms with Gasteiger partial charge < -0.3 is 14.7 Å². The van der Waals surface area contributed by atoms with Crippen LogP contribution in [0.4, 0.5) is 5.69 Å². The average Bonchev–Trinajstić information content (AvgIpc) is 3.03. The van der Waals surface area contributed by atoms with Gasteiger partial charge in [-0.3, -0.25) is 9.52 Å². The van der Waals surface area contributed by atoms with Crippen LogP contribution < -0.4 is 19.1 Å². The van der Waals surface area contributed by atoms with E-state index in [0.29, 0.717) is 18.1 Å². The molecule has 2 bridgehead atoms. The van der Waals surface area contributed by atoms with E-state index in [1.54, 1.807) is 0 Å². The Labute approximate surface area is 234 Å². The fraction of sp³-hybridized carbons (Fsp3) is 0.500. The Balaban J connectivity index is 1.39. The van der Waals surface area contributed by atoms with E-state index in [1.165, 1.54) is 23.3 Å². The molecule has 2 aliphatic carbocycles. The van der Waals surface area contributed by atoms with Gasteiger partial charge in [-0.25, -0.2) is 4.72 Å². The first-order chi connectivity index (χ1) is 18.4. The summed E-state index contributed by atoms with van der Waals surface area (Å²) in [7, 11) is 0. The highest BCUT2D eigenvalue weighted by molar-refractivity contribution is 7.96. The molecule has 5 atom stereocenters. The average molecular weight is 554 g/mol. The fourth-order valence-electron chi connectivity index (χ4n) is 6.66. The summed E-state index contributed by atoms with van der Waals surface area (Å²) in [5.41, 5.74) is 4.06. The maximum atomic E-state index is 13.1. The SMILES string of the molecule is C[C@H]1C/C=C\[C@H](O)[C@@H]2CC[C@H]2CN2C[C@@]3(CCCc4cc(Cl)ccc43)COc3ccc(cc32)C(=O)NSN1. The van der Waals surface area contributed by atoms with Crippen LogP contribution in [0, 0.1) is 11.8 Å². The molecule has 8 heteroatoms. The van der Waals surface area contributed by atoms with Crippen molar-refractivity contribution in [2.45, 2.75) is 63.0 Å². The molecule has 2 aromatic carbocycles. The van der Waals surface area contributed by atoms with Crippen molar-refractivity contribution in [3.63, 3.8) is 0 Å². The quantitative estimate of drug-likeness (QED) is 0.298. The lowest BCUT2D eigenvalue weighted by Crippen LogP contribution is -2.49. The van der Waals surface area contributed by atoms with E-state index in [9.17, 15) is 9.90 Å². The van der Waals surface area contributed by atoms with E-state index in [-0.39, 0.29) is 23.3 Å². The topological polar surface area (TPSA) is 73.8 Å². The number of fused-ring (bicyclic) bond motifs is 4. The number of amides is 1. The molecule has 6 nitrogen and oxygen atoms in total. The summed E-state index contributed by atoms with van der Waals surface area (Å²) >= 11 is 7.59. The number of hydrogen-bond donors (Lipinski definition) is 3. The van der Waals surface area contributed by atoms with E-state index < -0.39 is 6.10 Å². The lowest BCUT2D eigenvalue weighted by Gasteiger charge is -2.45. The highest BCUT2D eigenvalue weighted by Gasteiger charge is 2.44. The standard InChI is InChI=1S/C30H36ClN3O3S/c1-19-4-2-6-27(35)24-10-7-22(24)16-34-17-30(13-3-5-20-14-23(31)9-11-25(20)30)18-37-28-12-8-21(15-26(28)34)29(36)33-38-32-19/h2,6,8-9,11-12,14-15,19,22,24,27,32,35H,3-5,7,10,13,16-18H2,1H3,(H,33,36)/b6-2-/t19-,22-,24+,27-,30-/m0/s1. The molecule has 1 fully saturated rings.